The van der Waals surface area contributed by atoms with Gasteiger partial charge in [-0.3, -0.25) is 4.79 Å². The molecule has 0 amide bonds. The second-order valence-corrected chi connectivity index (χ2v) is 6.35. The largest absolute Gasteiger partial charge is 0.481 e. The highest BCUT2D eigenvalue weighted by atomic mass is 32.2. The minimum atomic E-state index is -0.811. The van der Waals surface area contributed by atoms with Crippen LogP contribution in [0, 0.1) is 12.8 Å². The third-order valence-electron chi connectivity index (χ3n) is 3.12. The average Bonchev–Trinajstić information content (AvgIpc) is 2.70. The number of benzene rings is 1. The molecule has 0 unspecified atom stereocenters. The molecule has 1 heterocycles. The van der Waals surface area contributed by atoms with Crippen molar-refractivity contribution in [2.45, 2.75) is 38.9 Å². The second-order valence-electron chi connectivity index (χ2n) is 5.40. The van der Waals surface area contributed by atoms with E-state index in [-0.39, 0.29) is 5.75 Å². The Balaban J connectivity index is 2.36. The zero-order valence-electron chi connectivity index (χ0n) is 12.1. The molecule has 1 N–H and O–H groups in total. The van der Waals surface area contributed by atoms with E-state index in [1.54, 1.807) is 0 Å². The lowest BCUT2D eigenvalue weighted by molar-refractivity contribution is -0.133. The summed E-state index contributed by atoms with van der Waals surface area (Å²) in [5.41, 5.74) is 3.20. The summed E-state index contributed by atoms with van der Waals surface area (Å²) in [7, 11) is 0. The molecule has 0 fully saturated rings. The van der Waals surface area contributed by atoms with Crippen LogP contribution in [0.25, 0.3) is 11.0 Å². The summed E-state index contributed by atoms with van der Waals surface area (Å²) >= 11 is 1.29. The van der Waals surface area contributed by atoms with Crippen LogP contribution in [0.1, 0.15) is 25.8 Å². The fraction of sp³-hybridized carbons (Fsp3) is 0.467. The first kappa shape index (κ1) is 14.9. The summed E-state index contributed by atoms with van der Waals surface area (Å²) in [6.07, 6.45) is 1.06. The number of hydrogen-bond acceptors (Lipinski definition) is 3. The van der Waals surface area contributed by atoms with Crippen molar-refractivity contribution in [3.05, 3.63) is 23.8 Å². The summed E-state index contributed by atoms with van der Waals surface area (Å²) in [5, 5.41) is 9.64. The van der Waals surface area contributed by atoms with Gasteiger partial charge in [0.2, 0.25) is 0 Å². The lowest BCUT2D eigenvalue weighted by atomic mass is 10.1. The van der Waals surface area contributed by atoms with E-state index in [1.165, 1.54) is 17.3 Å². The Morgan fingerprint density at radius 1 is 1.45 bits per heavy atom. The molecule has 0 aliphatic rings. The Bertz CT molecular complexity index is 620. The van der Waals surface area contributed by atoms with Gasteiger partial charge in [0.15, 0.2) is 5.16 Å². The van der Waals surface area contributed by atoms with Gasteiger partial charge < -0.3 is 9.67 Å². The van der Waals surface area contributed by atoms with Crippen molar-refractivity contribution in [1.82, 2.24) is 9.55 Å². The Kier molecular flexibility index (Phi) is 4.70. The molecule has 0 radical (unpaired) electrons. The lowest BCUT2D eigenvalue weighted by Gasteiger charge is -2.10. The van der Waals surface area contributed by atoms with Crippen molar-refractivity contribution in [2.24, 2.45) is 5.92 Å². The molecule has 2 rings (SSSR count). The third kappa shape index (κ3) is 3.54. The standard InChI is InChI=1S/C15H20N2O2S/c1-10(2)6-7-17-13-5-4-11(3)8-12(13)16-15(17)20-9-14(18)19/h4-5,8,10H,6-7,9H2,1-3H3,(H,18,19). The molecule has 108 valence electrons. The van der Waals surface area contributed by atoms with Gasteiger partial charge in [-0.05, 0) is 37.0 Å². The van der Waals surface area contributed by atoms with Gasteiger partial charge in [0.05, 0.1) is 16.8 Å². The average molecular weight is 292 g/mol. The number of hydrogen-bond donors (Lipinski definition) is 1. The van der Waals surface area contributed by atoms with E-state index >= 15 is 0 Å². The zero-order chi connectivity index (χ0) is 14.7. The van der Waals surface area contributed by atoms with Crippen molar-refractivity contribution in [2.75, 3.05) is 5.75 Å². The number of rotatable bonds is 6. The molecule has 0 aliphatic carbocycles. The van der Waals surface area contributed by atoms with Gasteiger partial charge in [0.25, 0.3) is 0 Å². The topological polar surface area (TPSA) is 55.1 Å². The summed E-state index contributed by atoms with van der Waals surface area (Å²) in [5.74, 6) is -0.159. The zero-order valence-corrected chi connectivity index (χ0v) is 12.9. The summed E-state index contributed by atoms with van der Waals surface area (Å²) in [6, 6.07) is 6.19. The molecule has 20 heavy (non-hydrogen) atoms. The number of thioether (sulfide) groups is 1. The molecule has 0 saturated carbocycles. The van der Waals surface area contributed by atoms with Crippen LogP contribution in [0.2, 0.25) is 0 Å². The van der Waals surface area contributed by atoms with Gasteiger partial charge in [0.1, 0.15) is 0 Å². The van der Waals surface area contributed by atoms with Gasteiger partial charge in [-0.15, -0.1) is 0 Å². The lowest BCUT2D eigenvalue weighted by Crippen LogP contribution is -2.05. The molecular weight excluding hydrogens is 272 g/mol. The smallest absolute Gasteiger partial charge is 0.313 e. The molecule has 0 spiro atoms. The second kappa shape index (κ2) is 6.31. The van der Waals surface area contributed by atoms with Crippen LogP contribution in [0.5, 0.6) is 0 Å². The van der Waals surface area contributed by atoms with Gasteiger partial charge in [-0.2, -0.15) is 0 Å². The number of imidazole rings is 1. The highest BCUT2D eigenvalue weighted by Gasteiger charge is 2.13. The van der Waals surface area contributed by atoms with Crippen LogP contribution in [-0.2, 0) is 11.3 Å². The van der Waals surface area contributed by atoms with Crippen LogP contribution in [-0.4, -0.2) is 26.4 Å². The molecule has 1 aromatic carbocycles. The Morgan fingerprint density at radius 3 is 2.85 bits per heavy atom. The molecule has 5 heteroatoms. The summed E-state index contributed by atoms with van der Waals surface area (Å²) < 4.78 is 2.14. The van der Waals surface area contributed by atoms with E-state index in [0.29, 0.717) is 5.92 Å². The number of aromatic nitrogens is 2. The summed E-state index contributed by atoms with van der Waals surface area (Å²) in [4.78, 5) is 15.3. The van der Waals surface area contributed by atoms with Gasteiger partial charge >= 0.3 is 5.97 Å². The molecule has 4 nitrogen and oxygen atoms in total. The number of carboxylic acid groups (broad SMARTS) is 1. The highest BCUT2D eigenvalue weighted by Crippen LogP contribution is 2.25. The maximum Gasteiger partial charge on any atom is 0.313 e. The van der Waals surface area contributed by atoms with Gasteiger partial charge in [-0.25, -0.2) is 4.98 Å². The Labute approximate surface area is 123 Å². The quantitative estimate of drug-likeness (QED) is 0.827. The van der Waals surface area contributed by atoms with E-state index < -0.39 is 5.97 Å². The fourth-order valence-electron chi connectivity index (χ4n) is 2.06. The number of fused-ring (bicyclic) bond motifs is 1. The molecule has 2 aromatic rings. The van der Waals surface area contributed by atoms with E-state index in [4.69, 9.17) is 5.11 Å². The van der Waals surface area contributed by atoms with Gasteiger partial charge in [-0.1, -0.05) is 31.7 Å². The third-order valence-corrected chi connectivity index (χ3v) is 4.08. The first-order valence-corrected chi connectivity index (χ1v) is 7.77. The summed E-state index contributed by atoms with van der Waals surface area (Å²) in [6.45, 7) is 7.29. The molecular formula is C15H20N2O2S. The normalized spacial score (nSPS) is 11.4. The Hall–Kier alpha value is -1.49. The van der Waals surface area contributed by atoms with E-state index in [1.807, 2.05) is 13.0 Å². The van der Waals surface area contributed by atoms with Crippen molar-refractivity contribution < 1.29 is 9.90 Å². The molecule has 0 bridgehead atoms. The predicted molar refractivity (Wildman–Crippen MR) is 82.3 cm³/mol. The van der Waals surface area contributed by atoms with Crippen molar-refractivity contribution in [1.29, 1.82) is 0 Å². The highest BCUT2D eigenvalue weighted by molar-refractivity contribution is 7.99. The molecule has 1 aromatic heterocycles. The van der Waals surface area contributed by atoms with Crippen LogP contribution in [0.3, 0.4) is 0 Å². The van der Waals surface area contributed by atoms with Crippen molar-refractivity contribution in [3.63, 3.8) is 0 Å². The molecule has 0 saturated heterocycles. The number of aliphatic carboxylic acids is 1. The van der Waals surface area contributed by atoms with Gasteiger partial charge in [0, 0.05) is 6.54 Å². The number of carboxylic acids is 1. The molecule has 0 aliphatic heterocycles. The van der Waals surface area contributed by atoms with Crippen molar-refractivity contribution in [3.8, 4) is 0 Å². The van der Waals surface area contributed by atoms with Crippen molar-refractivity contribution >= 4 is 28.8 Å². The maximum absolute atomic E-state index is 10.8. The monoisotopic (exact) mass is 292 g/mol. The number of aryl methyl sites for hydroxylation is 2. The number of carbonyl (C=O) groups is 1. The van der Waals surface area contributed by atoms with E-state index in [2.05, 4.69) is 35.5 Å². The van der Waals surface area contributed by atoms with E-state index in [0.717, 1.165) is 29.2 Å². The van der Waals surface area contributed by atoms with Crippen LogP contribution < -0.4 is 0 Å². The SMILES string of the molecule is Cc1ccc2c(c1)nc(SCC(=O)O)n2CCC(C)C. The molecule has 0 atom stereocenters. The predicted octanol–water partition coefficient (Wildman–Crippen LogP) is 3.57. The Morgan fingerprint density at radius 2 is 2.20 bits per heavy atom. The number of nitrogens with zero attached hydrogens (tertiary/aromatic N) is 2. The minimum absolute atomic E-state index is 0.0456. The first-order chi connectivity index (χ1) is 9.47. The van der Waals surface area contributed by atoms with Crippen LogP contribution >= 0.6 is 11.8 Å². The van der Waals surface area contributed by atoms with Crippen LogP contribution in [0.4, 0.5) is 0 Å². The minimum Gasteiger partial charge on any atom is -0.481 e. The fourth-order valence-corrected chi connectivity index (χ4v) is 2.82. The maximum atomic E-state index is 10.8. The first-order valence-electron chi connectivity index (χ1n) is 6.79. The van der Waals surface area contributed by atoms with Crippen LogP contribution in [0.15, 0.2) is 23.4 Å². The van der Waals surface area contributed by atoms with E-state index in [9.17, 15) is 4.79 Å².